The molecule has 1 aromatic carbocycles. The highest BCUT2D eigenvalue weighted by atomic mass is 35.5. The highest BCUT2D eigenvalue weighted by Gasteiger charge is 2.48. The van der Waals surface area contributed by atoms with Gasteiger partial charge in [-0.3, -0.25) is 4.79 Å². The van der Waals surface area contributed by atoms with E-state index in [1.807, 2.05) is 29.2 Å². The number of aliphatic hydroxyl groups excluding tert-OH is 1. The first kappa shape index (κ1) is 16.7. The zero-order valence-corrected chi connectivity index (χ0v) is 14.4. The maximum atomic E-state index is 12.8. The van der Waals surface area contributed by atoms with Crippen molar-refractivity contribution < 1.29 is 9.90 Å². The van der Waals surface area contributed by atoms with Crippen LogP contribution in [0, 0.1) is 0 Å². The number of amides is 1. The van der Waals surface area contributed by atoms with Crippen LogP contribution >= 0.6 is 11.6 Å². The molecule has 0 radical (unpaired) electrons. The van der Waals surface area contributed by atoms with Crippen molar-refractivity contribution >= 4 is 17.5 Å². The van der Waals surface area contributed by atoms with Crippen LogP contribution in [0.3, 0.4) is 0 Å². The number of carbonyl (C=O) groups excluding carboxylic acids is 1. The van der Waals surface area contributed by atoms with Crippen LogP contribution in [-0.2, 0) is 11.2 Å². The van der Waals surface area contributed by atoms with E-state index >= 15 is 0 Å². The summed E-state index contributed by atoms with van der Waals surface area (Å²) in [6.07, 6.45) is 3.35. The molecule has 23 heavy (non-hydrogen) atoms. The molecule has 126 valence electrons. The molecule has 1 spiro atoms. The summed E-state index contributed by atoms with van der Waals surface area (Å²) in [4.78, 5) is 17.0. The van der Waals surface area contributed by atoms with Crippen LogP contribution in [0.1, 0.15) is 31.2 Å². The summed E-state index contributed by atoms with van der Waals surface area (Å²) in [5.74, 6) is 0.144. The molecule has 2 heterocycles. The van der Waals surface area contributed by atoms with Gasteiger partial charge >= 0.3 is 0 Å². The molecule has 4 nitrogen and oxygen atoms in total. The van der Waals surface area contributed by atoms with Crippen molar-refractivity contribution in [2.24, 2.45) is 0 Å². The van der Waals surface area contributed by atoms with Gasteiger partial charge in [0.1, 0.15) is 0 Å². The maximum Gasteiger partial charge on any atom is 0.223 e. The van der Waals surface area contributed by atoms with Crippen LogP contribution in [0.4, 0.5) is 0 Å². The first-order valence-corrected chi connectivity index (χ1v) is 8.78. The smallest absolute Gasteiger partial charge is 0.223 e. The van der Waals surface area contributed by atoms with Gasteiger partial charge in [-0.1, -0.05) is 29.8 Å². The minimum Gasteiger partial charge on any atom is -0.391 e. The Kier molecular flexibility index (Phi) is 4.95. The summed E-state index contributed by atoms with van der Waals surface area (Å²) < 4.78 is 0. The molecule has 1 atom stereocenters. The number of aliphatic hydroxyl groups is 1. The first-order chi connectivity index (χ1) is 11.0. The third-order valence-electron chi connectivity index (χ3n) is 5.37. The van der Waals surface area contributed by atoms with E-state index in [0.29, 0.717) is 19.4 Å². The molecule has 2 aliphatic heterocycles. The van der Waals surface area contributed by atoms with E-state index in [1.165, 1.54) is 0 Å². The van der Waals surface area contributed by atoms with Crippen LogP contribution in [0.5, 0.6) is 0 Å². The number of aryl methyl sites for hydroxylation is 1. The molecular weight excluding hydrogens is 312 g/mol. The Labute approximate surface area is 143 Å². The van der Waals surface area contributed by atoms with Gasteiger partial charge in [0.25, 0.3) is 0 Å². The van der Waals surface area contributed by atoms with E-state index in [-0.39, 0.29) is 17.6 Å². The van der Waals surface area contributed by atoms with E-state index in [9.17, 15) is 9.90 Å². The Morgan fingerprint density at radius 3 is 2.74 bits per heavy atom. The molecule has 5 heteroatoms. The van der Waals surface area contributed by atoms with Gasteiger partial charge in [0.15, 0.2) is 0 Å². The maximum absolute atomic E-state index is 12.8. The topological polar surface area (TPSA) is 43.8 Å². The van der Waals surface area contributed by atoms with Crippen molar-refractivity contribution in [1.29, 1.82) is 0 Å². The third-order valence-corrected chi connectivity index (χ3v) is 5.74. The summed E-state index contributed by atoms with van der Waals surface area (Å²) in [6.45, 7) is 2.45. The Morgan fingerprint density at radius 2 is 2.04 bits per heavy atom. The molecule has 1 amide bonds. The largest absolute Gasteiger partial charge is 0.391 e. The minimum atomic E-state index is -0.386. The standard InChI is InChI=1S/C18H25ClN2O2/c1-20-10-8-18(9-11-20)12-15(22)13-21(18)17(23)7-6-14-4-2-3-5-16(14)19/h2-5,15,22H,6-13H2,1H3. The zero-order valence-electron chi connectivity index (χ0n) is 13.7. The van der Waals surface area contributed by atoms with E-state index in [2.05, 4.69) is 11.9 Å². The average molecular weight is 337 g/mol. The van der Waals surface area contributed by atoms with Crippen LogP contribution in [0.2, 0.25) is 5.02 Å². The number of carbonyl (C=O) groups is 1. The van der Waals surface area contributed by atoms with Gasteiger partial charge < -0.3 is 14.9 Å². The van der Waals surface area contributed by atoms with Crippen LogP contribution < -0.4 is 0 Å². The summed E-state index contributed by atoms with van der Waals surface area (Å²) in [5.41, 5.74) is 0.878. The molecule has 2 fully saturated rings. The van der Waals surface area contributed by atoms with Gasteiger partial charge in [-0.2, -0.15) is 0 Å². The number of benzene rings is 1. The lowest BCUT2D eigenvalue weighted by Crippen LogP contribution is -2.53. The molecular formula is C18H25ClN2O2. The molecule has 2 saturated heterocycles. The number of likely N-dealkylation sites (tertiary alicyclic amines) is 2. The monoisotopic (exact) mass is 336 g/mol. The van der Waals surface area contributed by atoms with Gasteiger partial charge in [0.2, 0.25) is 5.91 Å². The lowest BCUT2D eigenvalue weighted by Gasteiger charge is -2.44. The molecule has 2 aliphatic rings. The molecule has 1 N–H and O–H groups in total. The molecule has 3 rings (SSSR count). The van der Waals surface area contributed by atoms with Crippen LogP contribution in [0.25, 0.3) is 0 Å². The van der Waals surface area contributed by atoms with E-state index < -0.39 is 0 Å². The highest BCUT2D eigenvalue weighted by Crippen LogP contribution is 2.38. The van der Waals surface area contributed by atoms with Gasteiger partial charge in [0, 0.05) is 36.6 Å². The number of nitrogens with zero attached hydrogens (tertiary/aromatic N) is 2. The van der Waals surface area contributed by atoms with Crippen LogP contribution in [0.15, 0.2) is 24.3 Å². The van der Waals surface area contributed by atoms with E-state index in [1.54, 1.807) is 0 Å². The van der Waals surface area contributed by atoms with E-state index in [0.717, 1.165) is 42.9 Å². The molecule has 0 saturated carbocycles. The van der Waals surface area contributed by atoms with Crippen molar-refractivity contribution in [3.63, 3.8) is 0 Å². The predicted octanol–water partition coefficient (Wildman–Crippen LogP) is 2.33. The number of rotatable bonds is 3. The van der Waals surface area contributed by atoms with E-state index in [4.69, 9.17) is 11.6 Å². The number of halogens is 1. The fraction of sp³-hybridized carbons (Fsp3) is 0.611. The van der Waals surface area contributed by atoms with Gasteiger partial charge in [-0.25, -0.2) is 0 Å². The fourth-order valence-electron chi connectivity index (χ4n) is 3.97. The minimum absolute atomic E-state index is 0.135. The number of β-amino-alcohol motifs (C(OH)–C–C–N with tert-alkyl or cyclic N) is 1. The Morgan fingerprint density at radius 1 is 1.35 bits per heavy atom. The van der Waals surface area contributed by atoms with Gasteiger partial charge in [-0.15, -0.1) is 0 Å². The summed E-state index contributed by atoms with van der Waals surface area (Å²) >= 11 is 6.18. The Balaban J connectivity index is 1.67. The van der Waals surface area contributed by atoms with Crippen molar-refractivity contribution in [3.05, 3.63) is 34.9 Å². The second-order valence-corrected chi connectivity index (χ2v) is 7.39. The summed E-state index contributed by atoms with van der Waals surface area (Å²) in [6, 6.07) is 7.68. The quantitative estimate of drug-likeness (QED) is 0.921. The van der Waals surface area contributed by atoms with Crippen molar-refractivity contribution in [3.8, 4) is 0 Å². The van der Waals surface area contributed by atoms with Crippen molar-refractivity contribution in [2.45, 2.75) is 43.7 Å². The summed E-state index contributed by atoms with van der Waals surface area (Å²) in [7, 11) is 2.11. The first-order valence-electron chi connectivity index (χ1n) is 8.41. The lowest BCUT2D eigenvalue weighted by atomic mass is 9.84. The van der Waals surface area contributed by atoms with Gasteiger partial charge in [0.05, 0.1) is 6.10 Å². The van der Waals surface area contributed by atoms with Crippen molar-refractivity contribution in [2.75, 3.05) is 26.7 Å². The second kappa shape index (κ2) is 6.80. The Hall–Kier alpha value is -1.10. The lowest BCUT2D eigenvalue weighted by molar-refractivity contribution is -0.137. The molecule has 0 aromatic heterocycles. The van der Waals surface area contributed by atoms with Crippen LogP contribution in [-0.4, -0.2) is 59.1 Å². The number of hydrogen-bond donors (Lipinski definition) is 1. The third kappa shape index (κ3) is 3.54. The fourth-order valence-corrected chi connectivity index (χ4v) is 4.20. The predicted molar refractivity (Wildman–Crippen MR) is 91.6 cm³/mol. The SMILES string of the molecule is CN1CCC2(CC1)CC(O)CN2C(=O)CCc1ccccc1Cl. The number of hydrogen-bond acceptors (Lipinski definition) is 3. The highest BCUT2D eigenvalue weighted by molar-refractivity contribution is 6.31. The Bertz CT molecular complexity index is 570. The second-order valence-electron chi connectivity index (χ2n) is 6.98. The average Bonchev–Trinajstić information content (AvgIpc) is 2.86. The molecule has 0 aliphatic carbocycles. The normalized spacial score (nSPS) is 24.3. The summed E-state index contributed by atoms with van der Waals surface area (Å²) in [5, 5.41) is 10.9. The molecule has 1 unspecified atom stereocenters. The van der Waals surface area contributed by atoms with Crippen molar-refractivity contribution in [1.82, 2.24) is 9.80 Å². The number of piperidine rings is 1. The zero-order chi connectivity index (χ0) is 16.4. The molecule has 1 aromatic rings. The molecule has 0 bridgehead atoms. The van der Waals surface area contributed by atoms with Gasteiger partial charge in [-0.05, 0) is 44.4 Å².